The standard InChI is InChI=1S/C19H18ClN3O2/c1-3-25-15-7-4-13(5-8-15)17-11-18(23-22-17)19(24)21-16-9-6-14(20)10-12(16)2/h4-11H,3H2,1-2H3,(H,21,24)(H,22,23). The van der Waals surface area contributed by atoms with Crippen LogP contribution in [0, 0.1) is 6.92 Å². The van der Waals surface area contributed by atoms with Gasteiger partial charge in [0.2, 0.25) is 0 Å². The number of benzene rings is 2. The van der Waals surface area contributed by atoms with Crippen molar-refractivity contribution in [3.05, 3.63) is 64.8 Å². The molecular formula is C19H18ClN3O2. The van der Waals surface area contributed by atoms with E-state index in [0.29, 0.717) is 28.7 Å². The average Bonchev–Trinajstić information content (AvgIpc) is 3.08. The van der Waals surface area contributed by atoms with Gasteiger partial charge in [0.15, 0.2) is 0 Å². The van der Waals surface area contributed by atoms with Gasteiger partial charge in [0.25, 0.3) is 5.91 Å². The van der Waals surface area contributed by atoms with Crippen molar-refractivity contribution in [2.45, 2.75) is 13.8 Å². The van der Waals surface area contributed by atoms with Gasteiger partial charge in [-0.15, -0.1) is 0 Å². The van der Waals surface area contributed by atoms with Gasteiger partial charge in [-0.25, -0.2) is 0 Å². The molecule has 0 radical (unpaired) electrons. The zero-order chi connectivity index (χ0) is 17.8. The van der Waals surface area contributed by atoms with Crippen LogP contribution < -0.4 is 10.1 Å². The molecular weight excluding hydrogens is 338 g/mol. The molecule has 2 aromatic carbocycles. The molecule has 3 rings (SSSR count). The zero-order valence-electron chi connectivity index (χ0n) is 14.0. The van der Waals surface area contributed by atoms with Crippen molar-refractivity contribution < 1.29 is 9.53 Å². The number of carbonyl (C=O) groups excluding carboxylic acids is 1. The minimum Gasteiger partial charge on any atom is -0.494 e. The van der Waals surface area contributed by atoms with Gasteiger partial charge in [-0.3, -0.25) is 9.89 Å². The number of carbonyl (C=O) groups is 1. The van der Waals surface area contributed by atoms with Crippen molar-refractivity contribution in [2.75, 3.05) is 11.9 Å². The lowest BCUT2D eigenvalue weighted by atomic mass is 10.1. The summed E-state index contributed by atoms with van der Waals surface area (Å²) >= 11 is 5.93. The third kappa shape index (κ3) is 4.00. The number of ether oxygens (including phenoxy) is 1. The van der Waals surface area contributed by atoms with Gasteiger partial charge in [0.05, 0.1) is 12.3 Å². The fraction of sp³-hybridized carbons (Fsp3) is 0.158. The molecule has 0 aliphatic rings. The number of aromatic amines is 1. The number of nitrogens with zero attached hydrogens (tertiary/aromatic N) is 1. The van der Waals surface area contributed by atoms with E-state index in [-0.39, 0.29) is 5.91 Å². The molecule has 3 aromatic rings. The summed E-state index contributed by atoms with van der Waals surface area (Å²) in [5.74, 6) is 0.549. The minimum absolute atomic E-state index is 0.255. The molecule has 1 heterocycles. The summed E-state index contributed by atoms with van der Waals surface area (Å²) in [4.78, 5) is 12.4. The molecule has 0 saturated carbocycles. The number of halogens is 1. The minimum atomic E-state index is -0.255. The Hall–Kier alpha value is -2.79. The molecule has 2 N–H and O–H groups in total. The highest BCUT2D eigenvalue weighted by Crippen LogP contribution is 2.23. The van der Waals surface area contributed by atoms with Gasteiger partial charge in [0, 0.05) is 16.3 Å². The second-order valence-electron chi connectivity index (χ2n) is 5.54. The Bertz CT molecular complexity index is 888. The monoisotopic (exact) mass is 355 g/mol. The molecule has 0 fully saturated rings. The summed E-state index contributed by atoms with van der Waals surface area (Å²) in [5, 5.41) is 10.5. The molecule has 1 amide bonds. The number of hydrogen-bond donors (Lipinski definition) is 2. The lowest BCUT2D eigenvalue weighted by Crippen LogP contribution is -2.13. The Morgan fingerprint density at radius 1 is 1.20 bits per heavy atom. The molecule has 6 heteroatoms. The number of rotatable bonds is 5. The van der Waals surface area contributed by atoms with E-state index < -0.39 is 0 Å². The summed E-state index contributed by atoms with van der Waals surface area (Å²) < 4.78 is 5.42. The number of aryl methyl sites for hydroxylation is 1. The van der Waals surface area contributed by atoms with E-state index in [0.717, 1.165) is 16.9 Å². The Morgan fingerprint density at radius 3 is 2.64 bits per heavy atom. The summed E-state index contributed by atoms with van der Waals surface area (Å²) in [5.41, 5.74) is 3.60. The van der Waals surface area contributed by atoms with E-state index in [1.165, 1.54) is 0 Å². The number of amides is 1. The predicted molar refractivity (Wildman–Crippen MR) is 99.3 cm³/mol. The van der Waals surface area contributed by atoms with E-state index in [4.69, 9.17) is 16.3 Å². The summed E-state index contributed by atoms with van der Waals surface area (Å²) in [6, 6.07) is 14.6. The smallest absolute Gasteiger partial charge is 0.273 e. The van der Waals surface area contributed by atoms with Crippen LogP contribution in [0.4, 0.5) is 5.69 Å². The number of nitrogens with one attached hydrogen (secondary N) is 2. The molecule has 0 atom stereocenters. The molecule has 1 aromatic heterocycles. The van der Waals surface area contributed by atoms with Crippen LogP contribution in [-0.4, -0.2) is 22.7 Å². The van der Waals surface area contributed by atoms with E-state index in [2.05, 4.69) is 15.5 Å². The van der Waals surface area contributed by atoms with Gasteiger partial charge in [-0.05, 0) is 67.9 Å². The second kappa shape index (κ2) is 7.40. The summed E-state index contributed by atoms with van der Waals surface area (Å²) in [6.07, 6.45) is 0. The van der Waals surface area contributed by atoms with Crippen LogP contribution in [0.15, 0.2) is 48.5 Å². The molecule has 0 aliphatic carbocycles. The van der Waals surface area contributed by atoms with Crippen LogP contribution in [0.5, 0.6) is 5.75 Å². The van der Waals surface area contributed by atoms with Gasteiger partial charge in [-0.2, -0.15) is 5.10 Å². The van der Waals surface area contributed by atoms with Crippen LogP contribution in [0.2, 0.25) is 5.02 Å². The third-order valence-corrected chi connectivity index (χ3v) is 3.96. The van der Waals surface area contributed by atoms with E-state index in [9.17, 15) is 4.79 Å². The van der Waals surface area contributed by atoms with Crippen LogP contribution >= 0.6 is 11.6 Å². The average molecular weight is 356 g/mol. The van der Waals surface area contributed by atoms with Crippen molar-refractivity contribution in [1.29, 1.82) is 0 Å². The van der Waals surface area contributed by atoms with Crippen molar-refractivity contribution in [3.8, 4) is 17.0 Å². The highest BCUT2D eigenvalue weighted by molar-refractivity contribution is 6.30. The first-order valence-electron chi connectivity index (χ1n) is 7.93. The van der Waals surface area contributed by atoms with Crippen molar-refractivity contribution in [2.24, 2.45) is 0 Å². The van der Waals surface area contributed by atoms with Gasteiger partial charge in [-0.1, -0.05) is 11.6 Å². The molecule has 25 heavy (non-hydrogen) atoms. The SMILES string of the molecule is CCOc1ccc(-c2cc(C(=O)Nc3ccc(Cl)cc3C)[nH]n2)cc1. The predicted octanol–water partition coefficient (Wildman–Crippen LogP) is 4.69. The van der Waals surface area contributed by atoms with E-state index >= 15 is 0 Å². The third-order valence-electron chi connectivity index (χ3n) is 3.72. The maximum absolute atomic E-state index is 12.4. The normalized spacial score (nSPS) is 10.5. The highest BCUT2D eigenvalue weighted by Gasteiger charge is 2.12. The molecule has 0 bridgehead atoms. The first kappa shape index (κ1) is 17.0. The Balaban J connectivity index is 1.75. The molecule has 0 spiro atoms. The van der Waals surface area contributed by atoms with Crippen LogP contribution in [0.1, 0.15) is 23.0 Å². The summed E-state index contributed by atoms with van der Waals surface area (Å²) in [7, 11) is 0. The van der Waals surface area contributed by atoms with Gasteiger partial charge in [0.1, 0.15) is 11.4 Å². The fourth-order valence-electron chi connectivity index (χ4n) is 2.43. The molecule has 5 nitrogen and oxygen atoms in total. The topological polar surface area (TPSA) is 67.0 Å². The van der Waals surface area contributed by atoms with Crippen molar-refractivity contribution >= 4 is 23.2 Å². The fourth-order valence-corrected chi connectivity index (χ4v) is 2.66. The quantitative estimate of drug-likeness (QED) is 0.697. The van der Waals surface area contributed by atoms with Crippen LogP contribution in [0.25, 0.3) is 11.3 Å². The van der Waals surface area contributed by atoms with Gasteiger partial charge < -0.3 is 10.1 Å². The highest BCUT2D eigenvalue weighted by atomic mass is 35.5. The first-order valence-corrected chi connectivity index (χ1v) is 8.30. The molecule has 0 saturated heterocycles. The first-order chi connectivity index (χ1) is 12.1. The summed E-state index contributed by atoms with van der Waals surface area (Å²) in [6.45, 7) is 4.45. The number of hydrogen-bond acceptors (Lipinski definition) is 3. The largest absolute Gasteiger partial charge is 0.494 e. The lowest BCUT2D eigenvalue weighted by molar-refractivity contribution is 0.102. The molecule has 128 valence electrons. The molecule has 0 unspecified atom stereocenters. The second-order valence-corrected chi connectivity index (χ2v) is 5.97. The molecule has 0 aliphatic heterocycles. The van der Waals surface area contributed by atoms with E-state index in [1.807, 2.05) is 38.1 Å². The lowest BCUT2D eigenvalue weighted by Gasteiger charge is -2.07. The van der Waals surface area contributed by atoms with E-state index in [1.54, 1.807) is 24.3 Å². The number of aromatic nitrogens is 2. The number of anilines is 1. The maximum atomic E-state index is 12.4. The van der Waals surface area contributed by atoms with Gasteiger partial charge >= 0.3 is 0 Å². The zero-order valence-corrected chi connectivity index (χ0v) is 14.7. The van der Waals surface area contributed by atoms with Crippen LogP contribution in [-0.2, 0) is 0 Å². The number of H-pyrrole nitrogens is 1. The Labute approximate surface area is 151 Å². The Kier molecular flexibility index (Phi) is 5.05. The maximum Gasteiger partial charge on any atom is 0.273 e. The van der Waals surface area contributed by atoms with Crippen molar-refractivity contribution in [1.82, 2.24) is 10.2 Å². The van der Waals surface area contributed by atoms with Crippen LogP contribution in [0.3, 0.4) is 0 Å². The van der Waals surface area contributed by atoms with Crippen molar-refractivity contribution in [3.63, 3.8) is 0 Å². The Morgan fingerprint density at radius 2 is 1.96 bits per heavy atom.